The van der Waals surface area contributed by atoms with Crippen molar-refractivity contribution in [3.8, 4) is 0 Å². The second-order valence-corrected chi connectivity index (χ2v) is 10.1. The summed E-state index contributed by atoms with van der Waals surface area (Å²) in [5.41, 5.74) is 6.15. The average molecular weight is 460 g/mol. The Labute approximate surface area is 187 Å². The van der Waals surface area contributed by atoms with Crippen LogP contribution in [0.2, 0.25) is 0 Å². The number of nitrogens with zero attached hydrogens (tertiary/aromatic N) is 2. The number of carbonyl (C=O) groups is 1. The maximum Gasteiger partial charge on any atom is 0.279 e. The quantitative estimate of drug-likeness (QED) is 0.478. The van der Waals surface area contributed by atoms with Crippen LogP contribution in [0.1, 0.15) is 38.8 Å². The molecule has 1 aliphatic heterocycles. The van der Waals surface area contributed by atoms with Gasteiger partial charge in [-0.05, 0) is 66.5 Å². The number of hydrazone groups is 1. The van der Waals surface area contributed by atoms with E-state index in [1.165, 1.54) is 24.3 Å². The average Bonchev–Trinajstić information content (AvgIpc) is 2.95. The van der Waals surface area contributed by atoms with Crippen LogP contribution in [0.25, 0.3) is 0 Å². The molecule has 0 atom stereocenters. The molecule has 2 aromatic carbocycles. The van der Waals surface area contributed by atoms with Gasteiger partial charge in [0.1, 0.15) is 0 Å². The lowest BCUT2D eigenvalue weighted by atomic mass is 9.85. The first-order valence-corrected chi connectivity index (χ1v) is 11.6. The van der Waals surface area contributed by atoms with E-state index in [9.17, 15) is 13.2 Å². The van der Waals surface area contributed by atoms with Crippen LogP contribution in [-0.4, -0.2) is 31.7 Å². The van der Waals surface area contributed by atoms with Crippen molar-refractivity contribution in [2.45, 2.75) is 38.0 Å². The van der Waals surface area contributed by atoms with Gasteiger partial charge in [-0.1, -0.05) is 26.8 Å². The minimum Gasteiger partial charge on any atom is -0.331 e. The molecule has 0 radical (unpaired) electrons. The monoisotopic (exact) mass is 459 g/mol. The van der Waals surface area contributed by atoms with Gasteiger partial charge < -0.3 is 10.2 Å². The van der Waals surface area contributed by atoms with E-state index in [1.54, 1.807) is 4.90 Å². The first-order valence-electron chi connectivity index (χ1n) is 9.66. The number of primary sulfonamides is 1. The lowest BCUT2D eigenvalue weighted by Gasteiger charge is -2.20. The maximum absolute atomic E-state index is 12.9. The standard InChI is InChI=1S/C21H25N5O3S2/c1-5-26-17-11-6-13(21(2,3)4)12-16(17)18(19(26)27)24-25-20(30)23-14-7-9-15(10-8-14)31(22,28)29/h6-12H,5H2,1-4H3,(H2,22,28,29)(H2,23,25,30). The Hall–Kier alpha value is -2.82. The zero-order valence-electron chi connectivity index (χ0n) is 17.8. The number of benzene rings is 2. The lowest BCUT2D eigenvalue weighted by molar-refractivity contribution is -0.112. The SMILES string of the molecule is CCN1C(=O)C(=NNC(=S)Nc2ccc(S(N)(=O)=O)cc2)c2cc(C(C)(C)C)ccc21. The van der Waals surface area contributed by atoms with Crippen LogP contribution in [-0.2, 0) is 20.2 Å². The van der Waals surface area contributed by atoms with E-state index in [0.717, 1.165) is 16.8 Å². The third-order valence-electron chi connectivity index (χ3n) is 4.88. The van der Waals surface area contributed by atoms with Gasteiger partial charge in [0, 0.05) is 17.8 Å². The van der Waals surface area contributed by atoms with E-state index in [0.29, 0.717) is 12.2 Å². The van der Waals surface area contributed by atoms with Crippen molar-refractivity contribution in [3.63, 3.8) is 0 Å². The lowest BCUT2D eigenvalue weighted by Crippen LogP contribution is -2.32. The summed E-state index contributed by atoms with van der Waals surface area (Å²) < 4.78 is 22.7. The molecule has 0 aliphatic carbocycles. The molecule has 10 heteroatoms. The van der Waals surface area contributed by atoms with Crippen molar-refractivity contribution in [1.29, 1.82) is 0 Å². The van der Waals surface area contributed by atoms with Gasteiger partial charge in [0.05, 0.1) is 10.6 Å². The molecule has 1 aliphatic rings. The number of fused-ring (bicyclic) bond motifs is 1. The summed E-state index contributed by atoms with van der Waals surface area (Å²) in [6, 6.07) is 11.8. The van der Waals surface area contributed by atoms with Crippen molar-refractivity contribution in [1.82, 2.24) is 5.43 Å². The Morgan fingerprint density at radius 1 is 1.16 bits per heavy atom. The summed E-state index contributed by atoms with van der Waals surface area (Å²) in [4.78, 5) is 14.6. The highest BCUT2D eigenvalue weighted by Gasteiger charge is 2.34. The molecule has 8 nitrogen and oxygen atoms in total. The molecule has 0 bridgehead atoms. The zero-order chi connectivity index (χ0) is 23.0. The van der Waals surface area contributed by atoms with Crippen molar-refractivity contribution < 1.29 is 13.2 Å². The van der Waals surface area contributed by atoms with E-state index < -0.39 is 10.0 Å². The minimum atomic E-state index is -3.77. The molecule has 0 spiro atoms. The molecule has 0 unspecified atom stereocenters. The van der Waals surface area contributed by atoms with E-state index in [2.05, 4.69) is 36.6 Å². The number of sulfonamides is 1. The number of thiocarbonyl (C=S) groups is 1. The smallest absolute Gasteiger partial charge is 0.279 e. The molecule has 3 rings (SSSR count). The Kier molecular flexibility index (Phi) is 6.17. The number of amides is 1. The fraction of sp³-hybridized carbons (Fsp3) is 0.286. The van der Waals surface area contributed by atoms with E-state index in [4.69, 9.17) is 17.4 Å². The molecule has 1 heterocycles. The fourth-order valence-electron chi connectivity index (χ4n) is 3.20. The maximum atomic E-state index is 12.9. The highest BCUT2D eigenvalue weighted by atomic mass is 32.2. The summed E-state index contributed by atoms with van der Waals surface area (Å²) in [6.45, 7) is 8.76. The van der Waals surface area contributed by atoms with Gasteiger partial charge in [-0.15, -0.1) is 0 Å². The van der Waals surface area contributed by atoms with Crippen molar-refractivity contribution in [2.24, 2.45) is 10.2 Å². The highest BCUT2D eigenvalue weighted by Crippen LogP contribution is 2.33. The van der Waals surface area contributed by atoms with E-state index in [1.807, 2.05) is 25.1 Å². The fourth-order valence-corrected chi connectivity index (χ4v) is 3.87. The second-order valence-electron chi connectivity index (χ2n) is 8.13. The van der Waals surface area contributed by atoms with Gasteiger partial charge in [-0.2, -0.15) is 5.10 Å². The normalized spacial score (nSPS) is 15.2. The first kappa shape index (κ1) is 22.9. The number of hydrogen-bond acceptors (Lipinski definition) is 5. The third-order valence-corrected chi connectivity index (χ3v) is 6.00. The number of anilines is 2. The predicted molar refractivity (Wildman–Crippen MR) is 127 cm³/mol. The summed E-state index contributed by atoms with van der Waals surface area (Å²) in [6.07, 6.45) is 0. The second kappa shape index (κ2) is 8.37. The van der Waals surface area contributed by atoms with Crippen molar-refractivity contribution in [3.05, 3.63) is 53.6 Å². The van der Waals surface area contributed by atoms with Gasteiger partial charge in [0.2, 0.25) is 10.0 Å². The molecule has 164 valence electrons. The number of nitrogens with one attached hydrogen (secondary N) is 2. The molecular weight excluding hydrogens is 434 g/mol. The van der Waals surface area contributed by atoms with Gasteiger partial charge >= 0.3 is 0 Å². The topological polar surface area (TPSA) is 117 Å². The van der Waals surface area contributed by atoms with Crippen LogP contribution in [0, 0.1) is 0 Å². The van der Waals surface area contributed by atoms with Crippen LogP contribution in [0.4, 0.5) is 11.4 Å². The molecule has 2 aromatic rings. The Bertz CT molecular complexity index is 1170. The van der Waals surface area contributed by atoms with Crippen molar-refractivity contribution in [2.75, 3.05) is 16.8 Å². The van der Waals surface area contributed by atoms with Gasteiger partial charge in [-0.3, -0.25) is 10.2 Å². The van der Waals surface area contributed by atoms with Gasteiger partial charge in [-0.25, -0.2) is 13.6 Å². The summed E-state index contributed by atoms with van der Waals surface area (Å²) in [5, 5.41) is 12.4. The van der Waals surface area contributed by atoms with E-state index >= 15 is 0 Å². The number of carbonyl (C=O) groups excluding carboxylic acids is 1. The third kappa shape index (κ3) is 4.92. The van der Waals surface area contributed by atoms with Crippen LogP contribution < -0.4 is 20.8 Å². The Morgan fingerprint density at radius 2 is 1.81 bits per heavy atom. The van der Waals surface area contributed by atoms with Crippen LogP contribution in [0.3, 0.4) is 0 Å². The number of rotatable bonds is 4. The number of hydrogen-bond donors (Lipinski definition) is 3. The summed E-state index contributed by atoms with van der Waals surface area (Å²) in [5.74, 6) is -0.198. The van der Waals surface area contributed by atoms with Crippen molar-refractivity contribution >= 4 is 50.3 Å². The van der Waals surface area contributed by atoms with E-state index in [-0.39, 0.29) is 27.0 Å². The molecule has 0 fully saturated rings. The van der Waals surface area contributed by atoms with Gasteiger partial charge in [0.15, 0.2) is 10.8 Å². The molecule has 0 saturated carbocycles. The summed E-state index contributed by atoms with van der Waals surface area (Å²) >= 11 is 5.26. The molecule has 31 heavy (non-hydrogen) atoms. The highest BCUT2D eigenvalue weighted by molar-refractivity contribution is 7.89. The predicted octanol–water partition coefficient (Wildman–Crippen LogP) is 2.69. The number of nitrogens with two attached hydrogens (primary N) is 1. The van der Waals surface area contributed by atoms with Crippen LogP contribution in [0.15, 0.2) is 52.5 Å². The van der Waals surface area contributed by atoms with Gasteiger partial charge in [0.25, 0.3) is 5.91 Å². The molecular formula is C21H25N5O3S2. The molecule has 4 N–H and O–H groups in total. The first-order chi connectivity index (χ1) is 14.4. The van der Waals surface area contributed by atoms with Crippen LogP contribution in [0.5, 0.6) is 0 Å². The summed E-state index contributed by atoms with van der Waals surface area (Å²) in [7, 11) is -3.77. The molecule has 0 saturated heterocycles. The zero-order valence-corrected chi connectivity index (χ0v) is 19.4. The number of likely N-dealkylation sites (N-methyl/N-ethyl adjacent to an activating group) is 1. The molecule has 0 aromatic heterocycles. The Morgan fingerprint density at radius 3 is 2.35 bits per heavy atom. The van der Waals surface area contributed by atoms with Crippen LogP contribution >= 0.6 is 12.2 Å². The Balaban J connectivity index is 1.82. The largest absolute Gasteiger partial charge is 0.331 e. The molecule has 1 amide bonds. The minimum absolute atomic E-state index is 0.000334.